The minimum atomic E-state index is -0.629. The Morgan fingerprint density at radius 2 is 1.12 bits per heavy atom. The van der Waals surface area contributed by atoms with E-state index in [4.69, 9.17) is 6.42 Å². The van der Waals surface area contributed by atoms with Crippen molar-refractivity contribution in [2.75, 3.05) is 9.80 Å². The Bertz CT molecular complexity index is 3290. The van der Waals surface area contributed by atoms with Gasteiger partial charge >= 0.3 is 0 Å². The number of fused-ring (bicyclic) bond motifs is 4. The van der Waals surface area contributed by atoms with E-state index in [9.17, 15) is 0 Å². The molecule has 0 atom stereocenters. The molecule has 2 heteroatoms. The van der Waals surface area contributed by atoms with Crippen LogP contribution in [0, 0.1) is 12.3 Å². The first-order chi connectivity index (χ1) is 32.9. The molecule has 11 rings (SSSR count). The lowest BCUT2D eigenvalue weighted by Gasteiger charge is -2.36. The van der Waals surface area contributed by atoms with E-state index in [0.29, 0.717) is 0 Å². The molecule has 0 bridgehead atoms. The van der Waals surface area contributed by atoms with Gasteiger partial charge in [-0.15, -0.1) is 6.42 Å². The minimum Gasteiger partial charge on any atom is -0.314 e. The first kappa shape index (κ1) is 41.6. The molecule has 0 radical (unpaired) electrons. The van der Waals surface area contributed by atoms with Crippen molar-refractivity contribution < 1.29 is 0 Å². The molecule has 0 saturated heterocycles. The van der Waals surface area contributed by atoms with Crippen LogP contribution in [0.5, 0.6) is 0 Å². The highest BCUT2D eigenvalue weighted by atomic mass is 15.2. The Labute approximate surface area is 396 Å². The van der Waals surface area contributed by atoms with E-state index in [2.05, 4.69) is 267 Å². The van der Waals surface area contributed by atoms with Crippen molar-refractivity contribution in [2.24, 2.45) is 0 Å². The molecular weight excluding hydrogens is 809 g/mol. The molecule has 67 heavy (non-hydrogen) atoms. The van der Waals surface area contributed by atoms with E-state index in [-0.39, 0.29) is 5.41 Å². The van der Waals surface area contributed by atoms with Crippen LogP contribution in [0.4, 0.5) is 22.7 Å². The third-order valence-corrected chi connectivity index (χ3v) is 14.3. The Kier molecular flexibility index (Phi) is 10.6. The van der Waals surface area contributed by atoms with Gasteiger partial charge in [-0.1, -0.05) is 196 Å². The highest BCUT2D eigenvalue weighted by Gasteiger charge is 2.46. The first-order valence-electron chi connectivity index (χ1n) is 23.4. The molecule has 0 saturated carbocycles. The summed E-state index contributed by atoms with van der Waals surface area (Å²) in [4.78, 5) is 4.76. The van der Waals surface area contributed by atoms with E-state index >= 15 is 0 Å². The van der Waals surface area contributed by atoms with E-state index in [1.807, 2.05) is 0 Å². The maximum absolute atomic E-state index is 6.97. The van der Waals surface area contributed by atoms with Crippen molar-refractivity contribution in [1.29, 1.82) is 0 Å². The number of rotatable bonds is 10. The van der Waals surface area contributed by atoms with Crippen LogP contribution in [0.2, 0.25) is 0 Å². The minimum absolute atomic E-state index is 0.215. The average molecular weight is 861 g/mol. The van der Waals surface area contributed by atoms with Gasteiger partial charge in [0.15, 0.2) is 0 Å². The smallest absolute Gasteiger partial charge is 0.0970 e. The van der Waals surface area contributed by atoms with Crippen LogP contribution in [-0.2, 0) is 10.8 Å². The molecule has 0 aliphatic heterocycles. The number of hydrogen-bond acceptors (Lipinski definition) is 2. The topological polar surface area (TPSA) is 6.48 Å². The molecule has 0 amide bonds. The number of terminal acetylenes is 1. The highest BCUT2D eigenvalue weighted by molar-refractivity contribution is 5.92. The third-order valence-electron chi connectivity index (χ3n) is 14.3. The summed E-state index contributed by atoms with van der Waals surface area (Å²) in [6.07, 6.45) is 17.9. The van der Waals surface area contributed by atoms with Crippen molar-refractivity contribution in [1.82, 2.24) is 0 Å². The molecule has 8 aromatic carbocycles. The summed E-state index contributed by atoms with van der Waals surface area (Å²) < 4.78 is 0. The van der Waals surface area contributed by atoms with Crippen LogP contribution in [0.25, 0.3) is 27.8 Å². The maximum atomic E-state index is 6.97. The molecule has 8 aromatic rings. The van der Waals surface area contributed by atoms with Crippen LogP contribution in [0.15, 0.2) is 248 Å². The predicted molar refractivity (Wildman–Crippen MR) is 282 cm³/mol. The predicted octanol–water partition coefficient (Wildman–Crippen LogP) is 16.5. The van der Waals surface area contributed by atoms with Gasteiger partial charge in [-0.3, -0.25) is 0 Å². The molecule has 0 spiro atoms. The standard InChI is InChI=1S/C65H52N2/c1-5-50(44-61-46(2)55-35-21-24-38-60(55)65(61,48-27-13-7-14-28-48)49-29-15-8-16-30-49)66(54-39-41-57-56-36-22-23-37-59(56)64(3,4)62(57)45-54)53-40-42-63(58(43-53)47-25-11-6-12-26-47)67(51-31-17-9-18-32-51)52-33-19-10-20-34-52/h1,6-19,21-33,35-45H,20,34H2,2-4H3/b50-44+. The monoisotopic (exact) mass is 860 g/mol. The van der Waals surface area contributed by atoms with Crippen molar-refractivity contribution in [2.45, 2.75) is 44.4 Å². The van der Waals surface area contributed by atoms with E-state index in [1.54, 1.807) is 0 Å². The summed E-state index contributed by atoms with van der Waals surface area (Å²) in [7, 11) is 0. The molecule has 0 aromatic heterocycles. The maximum Gasteiger partial charge on any atom is 0.0970 e. The number of benzene rings is 8. The van der Waals surface area contributed by atoms with Gasteiger partial charge in [-0.2, -0.15) is 0 Å². The molecule has 0 N–H and O–H groups in total. The van der Waals surface area contributed by atoms with Gasteiger partial charge in [0.2, 0.25) is 0 Å². The van der Waals surface area contributed by atoms with Crippen LogP contribution in [0.1, 0.15) is 67.0 Å². The van der Waals surface area contributed by atoms with E-state index in [1.165, 1.54) is 55.8 Å². The average Bonchev–Trinajstić information content (AvgIpc) is 3.78. The molecule has 0 fully saturated rings. The molecule has 3 aliphatic carbocycles. The third kappa shape index (κ3) is 6.90. The van der Waals surface area contributed by atoms with Crippen LogP contribution >= 0.6 is 0 Å². The van der Waals surface area contributed by atoms with Gasteiger partial charge in [0.25, 0.3) is 0 Å². The Morgan fingerprint density at radius 1 is 0.552 bits per heavy atom. The van der Waals surface area contributed by atoms with Gasteiger partial charge in [0.1, 0.15) is 0 Å². The molecule has 2 nitrogen and oxygen atoms in total. The first-order valence-corrected chi connectivity index (χ1v) is 23.4. The molecule has 0 heterocycles. The second-order valence-corrected chi connectivity index (χ2v) is 18.3. The van der Waals surface area contributed by atoms with Gasteiger partial charge in [0, 0.05) is 33.7 Å². The summed E-state index contributed by atoms with van der Waals surface area (Å²) in [5.74, 6) is 3.32. The number of allylic oxidation sites excluding steroid dienone is 8. The fourth-order valence-corrected chi connectivity index (χ4v) is 11.2. The molecule has 322 valence electrons. The van der Waals surface area contributed by atoms with Gasteiger partial charge in [0.05, 0.1) is 16.8 Å². The van der Waals surface area contributed by atoms with Crippen LogP contribution in [0.3, 0.4) is 0 Å². The van der Waals surface area contributed by atoms with Crippen LogP contribution < -0.4 is 9.80 Å². The summed E-state index contributed by atoms with van der Waals surface area (Å²) >= 11 is 0. The lowest BCUT2D eigenvalue weighted by atomic mass is 9.66. The van der Waals surface area contributed by atoms with Gasteiger partial charge < -0.3 is 9.80 Å². The largest absolute Gasteiger partial charge is 0.314 e. The lowest BCUT2D eigenvalue weighted by molar-refractivity contribution is 0.660. The number of anilines is 4. The fraction of sp³-hybridized carbons (Fsp3) is 0.108. The van der Waals surface area contributed by atoms with Gasteiger partial charge in [-0.25, -0.2) is 0 Å². The van der Waals surface area contributed by atoms with Crippen molar-refractivity contribution in [3.05, 3.63) is 281 Å². The second kappa shape index (κ2) is 17.0. The van der Waals surface area contributed by atoms with Gasteiger partial charge in [-0.05, 0) is 136 Å². The van der Waals surface area contributed by atoms with Crippen LogP contribution in [-0.4, -0.2) is 0 Å². The Hall–Kier alpha value is -8.12. The highest BCUT2D eigenvalue weighted by Crippen LogP contribution is 2.56. The van der Waals surface area contributed by atoms with E-state index in [0.717, 1.165) is 58.0 Å². The zero-order valence-corrected chi connectivity index (χ0v) is 38.3. The van der Waals surface area contributed by atoms with E-state index < -0.39 is 5.41 Å². The summed E-state index contributed by atoms with van der Waals surface area (Å²) in [5.41, 5.74) is 20.0. The lowest BCUT2D eigenvalue weighted by Crippen LogP contribution is -2.30. The fourth-order valence-electron chi connectivity index (χ4n) is 11.2. The van der Waals surface area contributed by atoms with Crippen molar-refractivity contribution in [3.8, 4) is 34.6 Å². The molecular formula is C65H52N2. The zero-order valence-electron chi connectivity index (χ0n) is 38.3. The summed E-state index contributed by atoms with van der Waals surface area (Å²) in [5, 5.41) is 0. The summed E-state index contributed by atoms with van der Waals surface area (Å²) in [6, 6.07) is 75.0. The molecule has 3 aliphatic rings. The molecule has 0 unspecified atom stereocenters. The number of para-hydroxylation sites is 1. The Balaban J connectivity index is 1.18. The normalized spacial score (nSPS) is 15.3. The number of nitrogens with zero attached hydrogens (tertiary/aromatic N) is 2. The van der Waals surface area contributed by atoms with Crippen molar-refractivity contribution >= 4 is 28.3 Å². The second-order valence-electron chi connectivity index (χ2n) is 18.3. The number of hydrogen-bond donors (Lipinski definition) is 0. The summed E-state index contributed by atoms with van der Waals surface area (Å²) in [6.45, 7) is 6.95. The zero-order chi connectivity index (χ0) is 45.5. The van der Waals surface area contributed by atoms with Crippen molar-refractivity contribution in [3.63, 3.8) is 0 Å². The Morgan fingerprint density at radius 3 is 1.78 bits per heavy atom. The SMILES string of the molecule is C#C/C(=C\C1=C(C)c2ccccc2C1(c1ccccc1)c1ccccc1)N(c1ccc(N(C2=CC=CCC2)c2ccccc2)c(-c2ccccc2)c1)c1ccc2c(c1)C(C)(C)c1ccccc1-2. The quantitative estimate of drug-likeness (QED) is 0.126.